The van der Waals surface area contributed by atoms with Gasteiger partial charge >= 0.3 is 5.97 Å². The summed E-state index contributed by atoms with van der Waals surface area (Å²) in [5.41, 5.74) is 0.941. The highest BCUT2D eigenvalue weighted by Crippen LogP contribution is 2.13. The first kappa shape index (κ1) is 13.0. The minimum atomic E-state index is -0.456. The molecule has 0 spiro atoms. The first-order valence-corrected chi connectivity index (χ1v) is 5.14. The van der Waals surface area contributed by atoms with Crippen LogP contribution in [0.3, 0.4) is 0 Å². The molecule has 0 unspecified atom stereocenters. The van der Waals surface area contributed by atoms with E-state index in [1.165, 1.54) is 30.3 Å². The molecule has 0 heterocycles. The zero-order valence-corrected chi connectivity index (χ0v) is 9.68. The molecule has 1 aromatic carbocycles. The number of hydrogen-bond donors (Lipinski definition) is 0. The molecule has 0 saturated carbocycles. The molecule has 0 fully saturated rings. The average Bonchev–Trinajstić information content (AvgIpc) is 2.28. The molecule has 0 radical (unpaired) electrons. The highest BCUT2D eigenvalue weighted by Gasteiger charge is 1.97. The number of rotatable bonds is 4. The summed E-state index contributed by atoms with van der Waals surface area (Å²) < 4.78 is 17.3. The third kappa shape index (κ3) is 5.01. The van der Waals surface area contributed by atoms with E-state index in [1.807, 2.05) is 0 Å². The second-order valence-electron chi connectivity index (χ2n) is 3.21. The maximum Gasteiger partial charge on any atom is 0.332 e. The molecular weight excluding hydrogens is 223 g/mol. The third-order valence-corrected chi connectivity index (χ3v) is 1.76. The summed E-state index contributed by atoms with van der Waals surface area (Å²) in [5, 5.41) is 7.65. The number of benzene rings is 1. The first-order valence-electron chi connectivity index (χ1n) is 5.14. The maximum absolute atomic E-state index is 12.6. The average molecular weight is 236 g/mol. The summed E-state index contributed by atoms with van der Waals surface area (Å²) in [6.07, 6.45) is 1.25. The lowest BCUT2D eigenvalue weighted by molar-refractivity contribution is -0.137. The Kier molecular flexibility index (Phi) is 5.00. The highest BCUT2D eigenvalue weighted by atomic mass is 19.1. The molecule has 90 valence electrons. The van der Waals surface area contributed by atoms with Gasteiger partial charge < -0.3 is 4.74 Å². The van der Waals surface area contributed by atoms with E-state index in [2.05, 4.69) is 10.2 Å². The predicted octanol–water partition coefficient (Wildman–Crippen LogP) is 3.38. The summed E-state index contributed by atoms with van der Waals surface area (Å²) in [4.78, 5) is 11.1. The monoisotopic (exact) mass is 236 g/mol. The number of carbonyl (C=O) groups excluding carboxylic acids is 1. The molecule has 1 rings (SSSR count). The maximum atomic E-state index is 12.6. The van der Waals surface area contributed by atoms with E-state index in [4.69, 9.17) is 4.74 Å². The van der Waals surface area contributed by atoms with Gasteiger partial charge in [0.25, 0.3) is 0 Å². The fourth-order valence-corrected chi connectivity index (χ4v) is 1.03. The summed E-state index contributed by atoms with van der Waals surface area (Å²) in [6, 6.07) is 5.57. The Hall–Kier alpha value is -2.04. The Morgan fingerprint density at radius 1 is 1.41 bits per heavy atom. The number of azo groups is 1. The van der Waals surface area contributed by atoms with E-state index in [-0.39, 0.29) is 5.82 Å². The quantitative estimate of drug-likeness (QED) is 0.457. The molecule has 0 bridgehead atoms. The molecule has 17 heavy (non-hydrogen) atoms. The van der Waals surface area contributed by atoms with Crippen molar-refractivity contribution in [1.29, 1.82) is 0 Å². The SMILES string of the molecule is CCOC(=O)/C=C(\C)N=Nc1ccc(F)cc1. The smallest absolute Gasteiger partial charge is 0.332 e. The Morgan fingerprint density at radius 2 is 2.06 bits per heavy atom. The van der Waals surface area contributed by atoms with Crippen LogP contribution in [0, 0.1) is 5.82 Å². The zero-order valence-electron chi connectivity index (χ0n) is 9.68. The predicted molar refractivity (Wildman–Crippen MR) is 61.3 cm³/mol. The number of nitrogens with zero attached hydrogens (tertiary/aromatic N) is 2. The fraction of sp³-hybridized carbons (Fsp3) is 0.250. The molecule has 4 nitrogen and oxygen atoms in total. The van der Waals surface area contributed by atoms with Crippen molar-refractivity contribution >= 4 is 11.7 Å². The zero-order chi connectivity index (χ0) is 12.7. The van der Waals surface area contributed by atoms with Gasteiger partial charge in [-0.3, -0.25) is 0 Å². The molecule has 0 atom stereocenters. The largest absolute Gasteiger partial charge is 0.463 e. The van der Waals surface area contributed by atoms with Crippen LogP contribution in [0.1, 0.15) is 13.8 Å². The van der Waals surface area contributed by atoms with Gasteiger partial charge in [-0.1, -0.05) is 0 Å². The summed E-state index contributed by atoms with van der Waals surface area (Å²) in [5.74, 6) is -0.786. The molecule has 0 aromatic heterocycles. The van der Waals surface area contributed by atoms with Crippen LogP contribution in [0.2, 0.25) is 0 Å². The van der Waals surface area contributed by atoms with Gasteiger partial charge in [0.15, 0.2) is 0 Å². The van der Waals surface area contributed by atoms with Crippen LogP contribution in [0.4, 0.5) is 10.1 Å². The van der Waals surface area contributed by atoms with E-state index in [0.717, 1.165) is 0 Å². The van der Waals surface area contributed by atoms with Crippen molar-refractivity contribution in [1.82, 2.24) is 0 Å². The molecule has 0 amide bonds. The Bertz CT molecular complexity index is 438. The van der Waals surface area contributed by atoms with Crippen LogP contribution >= 0.6 is 0 Å². The van der Waals surface area contributed by atoms with Crippen molar-refractivity contribution in [3.63, 3.8) is 0 Å². The van der Waals surface area contributed by atoms with Crippen molar-refractivity contribution in [2.45, 2.75) is 13.8 Å². The summed E-state index contributed by atoms with van der Waals surface area (Å²) in [7, 11) is 0. The van der Waals surface area contributed by atoms with Gasteiger partial charge in [0.05, 0.1) is 18.0 Å². The van der Waals surface area contributed by atoms with E-state index in [0.29, 0.717) is 18.0 Å². The van der Waals surface area contributed by atoms with Crippen LogP contribution in [-0.2, 0) is 9.53 Å². The Balaban J connectivity index is 2.64. The number of esters is 1. The summed E-state index contributed by atoms with van der Waals surface area (Å²) >= 11 is 0. The van der Waals surface area contributed by atoms with Crippen molar-refractivity contribution in [2.24, 2.45) is 10.2 Å². The van der Waals surface area contributed by atoms with Gasteiger partial charge in [0, 0.05) is 6.08 Å². The van der Waals surface area contributed by atoms with Gasteiger partial charge in [-0.25, -0.2) is 9.18 Å². The van der Waals surface area contributed by atoms with Crippen LogP contribution in [0.25, 0.3) is 0 Å². The standard InChI is InChI=1S/C12H13FN2O2/c1-3-17-12(16)8-9(2)14-15-11-6-4-10(13)5-7-11/h4-8H,3H2,1-2H3/b9-8+,15-14?. The lowest BCUT2D eigenvalue weighted by Crippen LogP contribution is -1.99. The molecule has 1 aromatic rings. The van der Waals surface area contributed by atoms with E-state index in [9.17, 15) is 9.18 Å². The van der Waals surface area contributed by atoms with Crippen molar-refractivity contribution in [3.8, 4) is 0 Å². The van der Waals surface area contributed by atoms with E-state index in [1.54, 1.807) is 13.8 Å². The van der Waals surface area contributed by atoms with Gasteiger partial charge in [0.1, 0.15) is 5.82 Å². The van der Waals surface area contributed by atoms with Gasteiger partial charge in [0.2, 0.25) is 0 Å². The lowest BCUT2D eigenvalue weighted by Gasteiger charge is -1.95. The topological polar surface area (TPSA) is 51.0 Å². The number of ether oxygens (including phenoxy) is 1. The fourth-order valence-electron chi connectivity index (χ4n) is 1.03. The molecule has 0 aliphatic carbocycles. The van der Waals surface area contributed by atoms with Crippen LogP contribution in [0.15, 0.2) is 46.3 Å². The van der Waals surface area contributed by atoms with E-state index < -0.39 is 5.97 Å². The van der Waals surface area contributed by atoms with Crippen molar-refractivity contribution < 1.29 is 13.9 Å². The van der Waals surface area contributed by atoms with Crippen LogP contribution < -0.4 is 0 Å². The van der Waals surface area contributed by atoms with Gasteiger partial charge in [-0.2, -0.15) is 10.2 Å². The van der Waals surface area contributed by atoms with Gasteiger partial charge in [-0.05, 0) is 38.1 Å². The molecule has 0 saturated heterocycles. The summed E-state index contributed by atoms with van der Waals surface area (Å²) in [6.45, 7) is 3.67. The number of carbonyl (C=O) groups is 1. The molecule has 0 aliphatic rings. The van der Waals surface area contributed by atoms with Crippen LogP contribution in [0.5, 0.6) is 0 Å². The second-order valence-corrected chi connectivity index (χ2v) is 3.21. The number of halogens is 1. The third-order valence-electron chi connectivity index (χ3n) is 1.76. The Morgan fingerprint density at radius 3 is 2.65 bits per heavy atom. The van der Waals surface area contributed by atoms with Crippen molar-refractivity contribution in [3.05, 3.63) is 41.9 Å². The second kappa shape index (κ2) is 6.52. The Labute approximate surface area is 98.8 Å². The normalized spacial score (nSPS) is 11.8. The van der Waals surface area contributed by atoms with Gasteiger partial charge in [-0.15, -0.1) is 0 Å². The molecule has 0 aliphatic heterocycles. The number of hydrogen-bond acceptors (Lipinski definition) is 4. The number of allylic oxidation sites excluding steroid dienone is 1. The highest BCUT2D eigenvalue weighted by molar-refractivity contribution is 5.82. The first-order chi connectivity index (χ1) is 8.11. The van der Waals surface area contributed by atoms with Crippen molar-refractivity contribution in [2.75, 3.05) is 6.61 Å². The minimum Gasteiger partial charge on any atom is -0.463 e. The lowest BCUT2D eigenvalue weighted by atomic mass is 10.3. The van der Waals surface area contributed by atoms with Crippen LogP contribution in [-0.4, -0.2) is 12.6 Å². The molecule has 0 N–H and O–H groups in total. The molecular formula is C12H13FN2O2. The minimum absolute atomic E-state index is 0.317. The molecule has 5 heteroatoms. The van der Waals surface area contributed by atoms with E-state index >= 15 is 0 Å².